The maximum Gasteiger partial charge on any atom is 0.262 e. The van der Waals surface area contributed by atoms with Gasteiger partial charge in [-0.1, -0.05) is 190 Å². The van der Waals surface area contributed by atoms with Crippen molar-refractivity contribution in [2.24, 2.45) is 0 Å². The van der Waals surface area contributed by atoms with Gasteiger partial charge in [-0.05, 0) is 215 Å². The maximum absolute atomic E-state index is 17.4. The fourth-order valence-electron chi connectivity index (χ4n) is 17.1. The Morgan fingerprint density at radius 2 is 0.608 bits per heavy atom. The molecule has 0 bridgehead atoms. The Kier molecular flexibility index (Phi) is 24.2. The van der Waals surface area contributed by atoms with E-state index in [-0.39, 0.29) is 149 Å². The number of rotatable bonds is 30. The van der Waals surface area contributed by atoms with Crippen LogP contribution in [0.15, 0.2) is 304 Å². The quantitative estimate of drug-likeness (QED) is 0.0184. The summed E-state index contributed by atoms with van der Waals surface area (Å²) in [6, 6.07) is 72.4. The second kappa shape index (κ2) is 36.3. The minimum absolute atomic E-state index is 0.0300. The lowest BCUT2D eigenvalue weighted by molar-refractivity contribution is -0.123. The molecule has 2 aromatic heterocycles. The van der Waals surface area contributed by atoms with E-state index < -0.39 is 59.3 Å². The van der Waals surface area contributed by atoms with Crippen LogP contribution in [0.5, 0.6) is 46.0 Å². The molecule has 648 valence electrons. The number of carbonyl (C=O) groups excluding carboxylic acids is 8. The molecule has 4 heterocycles. The predicted octanol–water partition coefficient (Wildman–Crippen LogP) is 24.1. The molecule has 8 amide bonds. The number of aromatic nitrogens is 2. The molecule has 2 N–H and O–H groups in total. The fraction of sp³-hybridized carbons (Fsp3) is 0.182. The summed E-state index contributed by atoms with van der Waals surface area (Å²) in [6.07, 6.45) is 5.87. The number of imide groups is 2. The summed E-state index contributed by atoms with van der Waals surface area (Å²) in [4.78, 5) is 144. The number of fused-ring (bicyclic) bond motifs is 2. The van der Waals surface area contributed by atoms with Gasteiger partial charge in [-0.25, -0.2) is 0 Å². The summed E-state index contributed by atoms with van der Waals surface area (Å²) in [5.41, 5.74) is 8.08. The Morgan fingerprint density at radius 1 is 0.331 bits per heavy atom. The number of carbonyl (C=O) groups is 8. The second-order valence-electron chi connectivity index (χ2n) is 34.5. The minimum Gasteiger partial charge on any atom is -0.457 e. The first-order valence-corrected chi connectivity index (χ1v) is 43.6. The Labute approximate surface area is 753 Å². The van der Waals surface area contributed by atoms with Crippen molar-refractivity contribution in [1.29, 1.82) is 0 Å². The van der Waals surface area contributed by atoms with Gasteiger partial charge in [-0.2, -0.15) is 0 Å². The van der Waals surface area contributed by atoms with E-state index in [2.05, 4.69) is 89.1 Å². The fourth-order valence-corrected chi connectivity index (χ4v) is 17.1. The standard InChI is InChI=1S/C110H96N8O12/c1-63(2)73-29-37-81(38-30-73)127-91-57-85-95-86(106(122)117(105(85)121)89(53-69-45-49-111-50-46-69)109(125)115(61-71-21-15-13-16-22-71)79-27-19-25-77(55-79)113-103(119)67(9)10)59-93(129-83-41-33-75(34-42-83)65(5)6)99-100-94(130-84-43-35-76(36-44-84)66(7)8)60-88-96-87(58-92(98(102(96)100)97(91)101(95)99)128-82-39-31-74(32-40-82)64(3)4)107(123)118(108(88)124)90(54-70-47-51-112-52-48-70)110(126)116(62-72-23-17-14-18-24-72)80-28-20-26-78(56-80)114-104(120)68(11)12/h13-52,55-60,63-66,89-90H,9,11,53-54,61-62H2,1-8,10,12H3,(H,113,119)(H,114,120). The zero-order chi connectivity index (χ0) is 91.0. The molecule has 2 atom stereocenters. The van der Waals surface area contributed by atoms with E-state index in [0.717, 1.165) is 32.1 Å². The summed E-state index contributed by atoms with van der Waals surface area (Å²) in [5, 5.41) is 7.43. The first-order chi connectivity index (χ1) is 62.7. The number of hydrogen-bond donors (Lipinski definition) is 2. The molecule has 0 aliphatic carbocycles. The number of ether oxygens (including phenoxy) is 4. The molecule has 13 aromatic carbocycles. The Morgan fingerprint density at radius 3 is 0.869 bits per heavy atom. The number of nitrogens with one attached hydrogen (secondary N) is 2. The third-order valence-electron chi connectivity index (χ3n) is 24.1. The van der Waals surface area contributed by atoms with Gasteiger partial charge >= 0.3 is 0 Å². The lowest BCUT2D eigenvalue weighted by atomic mass is 9.80. The number of anilines is 4. The molecule has 2 unspecified atom stereocenters. The number of benzene rings is 13. The first kappa shape index (κ1) is 86.4. The number of hydrogen-bond acceptors (Lipinski definition) is 14. The van der Waals surface area contributed by atoms with Crippen LogP contribution in [0.3, 0.4) is 0 Å². The van der Waals surface area contributed by atoms with Gasteiger partial charge in [0.2, 0.25) is 0 Å². The summed E-state index contributed by atoms with van der Waals surface area (Å²) in [6.45, 7) is 27.4. The average Bonchev–Trinajstić information content (AvgIpc) is 0.668. The van der Waals surface area contributed by atoms with Gasteiger partial charge in [-0.15, -0.1) is 0 Å². The molecule has 2 aliphatic heterocycles. The molecule has 20 nitrogen and oxygen atoms in total. The van der Waals surface area contributed by atoms with Crippen LogP contribution in [0.25, 0.3) is 43.1 Å². The topological polar surface area (TPSA) is 236 Å². The van der Waals surface area contributed by atoms with Crippen molar-refractivity contribution >= 4 is 113 Å². The highest BCUT2D eigenvalue weighted by Gasteiger charge is 2.48. The van der Waals surface area contributed by atoms with Gasteiger partial charge in [0, 0.05) is 115 Å². The largest absolute Gasteiger partial charge is 0.457 e. The van der Waals surface area contributed by atoms with Crippen molar-refractivity contribution in [3.63, 3.8) is 0 Å². The van der Waals surface area contributed by atoms with E-state index in [1.807, 2.05) is 158 Å². The van der Waals surface area contributed by atoms with Crippen LogP contribution in [0, 0.1) is 0 Å². The highest BCUT2D eigenvalue weighted by molar-refractivity contribution is 6.45. The van der Waals surface area contributed by atoms with Crippen LogP contribution in [0.4, 0.5) is 22.7 Å². The van der Waals surface area contributed by atoms with Gasteiger partial charge in [-0.3, -0.25) is 58.1 Å². The maximum atomic E-state index is 17.4. The molecular weight excluding hydrogens is 1630 g/mol. The molecule has 20 heteroatoms. The minimum atomic E-state index is -1.63. The van der Waals surface area contributed by atoms with Crippen LogP contribution in [0.2, 0.25) is 0 Å². The molecule has 17 rings (SSSR count). The van der Waals surface area contributed by atoms with E-state index in [1.54, 1.807) is 136 Å². The Hall–Kier alpha value is -15.7. The Bertz CT molecular complexity index is 6330. The zero-order valence-corrected chi connectivity index (χ0v) is 73.8. The van der Waals surface area contributed by atoms with Crippen molar-refractivity contribution in [3.05, 3.63) is 371 Å². The van der Waals surface area contributed by atoms with Crippen LogP contribution in [-0.4, -0.2) is 79.1 Å². The summed E-state index contributed by atoms with van der Waals surface area (Å²) in [5.74, 6) is -3.98. The molecule has 0 saturated carbocycles. The smallest absolute Gasteiger partial charge is 0.262 e. The Balaban J connectivity index is 0.984. The van der Waals surface area contributed by atoms with Gasteiger partial charge in [0.15, 0.2) is 0 Å². The first-order valence-electron chi connectivity index (χ1n) is 43.6. The van der Waals surface area contributed by atoms with Crippen LogP contribution in [0.1, 0.15) is 179 Å². The average molecular weight is 1720 g/mol. The van der Waals surface area contributed by atoms with Crippen molar-refractivity contribution in [2.45, 2.75) is 131 Å². The number of amides is 8. The molecular formula is C110H96N8O12. The highest BCUT2D eigenvalue weighted by atomic mass is 16.5. The summed E-state index contributed by atoms with van der Waals surface area (Å²) >= 11 is 0. The van der Waals surface area contributed by atoms with E-state index >= 15 is 28.8 Å². The molecule has 2 aliphatic rings. The summed E-state index contributed by atoms with van der Waals surface area (Å²) < 4.78 is 30.0. The molecule has 0 saturated heterocycles. The van der Waals surface area contributed by atoms with Crippen molar-refractivity contribution in [2.75, 3.05) is 20.4 Å². The van der Waals surface area contributed by atoms with Crippen LogP contribution in [-0.2, 0) is 45.1 Å². The van der Waals surface area contributed by atoms with E-state index in [1.165, 1.54) is 9.80 Å². The predicted molar refractivity (Wildman–Crippen MR) is 510 cm³/mol. The highest BCUT2D eigenvalue weighted by Crippen LogP contribution is 2.59. The van der Waals surface area contributed by atoms with Crippen LogP contribution >= 0.6 is 0 Å². The van der Waals surface area contributed by atoms with E-state index in [9.17, 15) is 9.59 Å². The van der Waals surface area contributed by atoms with Crippen LogP contribution < -0.4 is 39.4 Å². The number of pyridine rings is 2. The van der Waals surface area contributed by atoms with Gasteiger partial charge in [0.1, 0.15) is 58.1 Å². The second-order valence-corrected chi connectivity index (χ2v) is 34.5. The molecule has 15 aromatic rings. The van der Waals surface area contributed by atoms with Crippen molar-refractivity contribution in [3.8, 4) is 46.0 Å². The zero-order valence-electron chi connectivity index (χ0n) is 73.8. The normalized spacial score (nSPS) is 12.9. The van der Waals surface area contributed by atoms with Crippen molar-refractivity contribution < 1.29 is 57.3 Å². The molecule has 130 heavy (non-hydrogen) atoms. The molecule has 0 fully saturated rings. The number of nitrogens with zero attached hydrogens (tertiary/aromatic N) is 6. The molecule has 0 radical (unpaired) electrons. The van der Waals surface area contributed by atoms with Gasteiger partial charge in [0.05, 0.1) is 35.3 Å². The van der Waals surface area contributed by atoms with E-state index in [0.29, 0.717) is 68.0 Å². The van der Waals surface area contributed by atoms with Gasteiger partial charge < -0.3 is 39.4 Å². The lowest BCUT2D eigenvalue weighted by Gasteiger charge is -2.38. The monoisotopic (exact) mass is 1720 g/mol. The van der Waals surface area contributed by atoms with E-state index in [4.69, 9.17) is 18.9 Å². The lowest BCUT2D eigenvalue weighted by Crippen LogP contribution is -2.55. The third kappa shape index (κ3) is 17.2. The van der Waals surface area contributed by atoms with Gasteiger partial charge in [0.25, 0.3) is 47.3 Å². The summed E-state index contributed by atoms with van der Waals surface area (Å²) in [7, 11) is 0. The van der Waals surface area contributed by atoms with Crippen molar-refractivity contribution in [1.82, 2.24) is 19.8 Å². The SMILES string of the molecule is C=C(C)C(=O)Nc1cccc(N(Cc2ccccc2)C(=O)C(Cc2ccncc2)N2C(=O)c3cc(Oc4ccc(C(C)C)cc4)c4c5c(Oc6ccc(C(C)C)cc6)cc6c7c(cc(Oc8ccc(C(C)C)cc8)c(c8c(Oc9ccc(C(C)C)cc9)cc(c3c48)C2=O)c75)C(=O)N(C(Cc2ccncc2)C(=O)N(Cc2ccccc2)c2cccc(NC(=O)C(=C)C)c2)C6=O)c1. The third-order valence-corrected chi connectivity index (χ3v) is 24.1. The molecule has 0 spiro atoms.